The maximum Gasteiger partial charge on any atom is 0.122 e. The zero-order valence-corrected chi connectivity index (χ0v) is 14.1. The van der Waals surface area contributed by atoms with Crippen LogP contribution >= 0.6 is 11.3 Å². The first kappa shape index (κ1) is 15.9. The highest BCUT2D eigenvalue weighted by Crippen LogP contribution is 2.37. The number of nitrogens with one attached hydrogen (secondary N) is 1. The molecule has 3 nitrogen and oxygen atoms in total. The third kappa shape index (κ3) is 3.80. The molecule has 0 saturated carbocycles. The Morgan fingerprint density at radius 2 is 2.20 bits per heavy atom. The van der Waals surface area contributed by atoms with Gasteiger partial charge in [-0.3, -0.25) is 0 Å². The first-order valence-corrected chi connectivity index (χ1v) is 8.81. The van der Waals surface area contributed by atoms with Gasteiger partial charge in [0.25, 0.3) is 0 Å². The van der Waals surface area contributed by atoms with Crippen molar-refractivity contribution in [1.82, 2.24) is 10.3 Å². The summed E-state index contributed by atoms with van der Waals surface area (Å²) in [5, 5.41) is 4.76. The molecule has 0 aliphatic heterocycles. The molecule has 0 bridgehead atoms. The summed E-state index contributed by atoms with van der Waals surface area (Å²) in [6.45, 7) is 10.5. The number of thiazole rings is 1. The summed E-state index contributed by atoms with van der Waals surface area (Å²) in [7, 11) is 0. The van der Waals surface area contributed by atoms with Crippen LogP contribution in [0.25, 0.3) is 0 Å². The lowest BCUT2D eigenvalue weighted by Crippen LogP contribution is -2.29. The molecule has 1 aromatic heterocycles. The Morgan fingerprint density at radius 1 is 1.40 bits per heavy atom. The lowest BCUT2D eigenvalue weighted by Gasteiger charge is -2.22. The monoisotopic (exact) mass is 296 g/mol. The Hall–Kier alpha value is -0.450. The molecule has 20 heavy (non-hydrogen) atoms. The fraction of sp³-hybridized carbons (Fsp3) is 0.812. The molecule has 2 unspecified atom stereocenters. The van der Waals surface area contributed by atoms with Crippen LogP contribution in [0.5, 0.6) is 0 Å². The summed E-state index contributed by atoms with van der Waals surface area (Å²) in [6.07, 6.45) is 4.96. The minimum absolute atomic E-state index is 0.189. The van der Waals surface area contributed by atoms with Crippen LogP contribution in [0, 0.1) is 0 Å². The van der Waals surface area contributed by atoms with E-state index in [1.807, 2.05) is 11.3 Å². The number of aryl methyl sites for hydroxylation is 1. The zero-order chi connectivity index (χ0) is 14.5. The third-order valence-corrected chi connectivity index (χ3v) is 5.10. The second kappa shape index (κ2) is 7.53. The maximum absolute atomic E-state index is 5.82. The SMILES string of the molecule is CCOC(CC)c1nc2c(s1)CCCC2CNC(C)C. The molecule has 2 atom stereocenters. The number of rotatable bonds is 7. The van der Waals surface area contributed by atoms with Crippen LogP contribution < -0.4 is 5.32 Å². The Labute approximate surface area is 127 Å². The summed E-state index contributed by atoms with van der Waals surface area (Å²) in [5.41, 5.74) is 1.35. The van der Waals surface area contributed by atoms with Crippen LogP contribution in [0.3, 0.4) is 0 Å². The lowest BCUT2D eigenvalue weighted by atomic mass is 9.91. The molecule has 1 aromatic rings. The van der Waals surface area contributed by atoms with Crippen LogP contribution in [0.2, 0.25) is 0 Å². The molecule has 1 heterocycles. The summed E-state index contributed by atoms with van der Waals surface area (Å²) in [4.78, 5) is 6.45. The number of aromatic nitrogens is 1. The number of nitrogens with zero attached hydrogens (tertiary/aromatic N) is 1. The number of ether oxygens (including phenoxy) is 1. The van der Waals surface area contributed by atoms with Gasteiger partial charge in [0.2, 0.25) is 0 Å². The van der Waals surface area contributed by atoms with Crippen molar-refractivity contribution in [3.8, 4) is 0 Å². The van der Waals surface area contributed by atoms with Crippen molar-refractivity contribution >= 4 is 11.3 Å². The van der Waals surface area contributed by atoms with E-state index in [0.29, 0.717) is 12.0 Å². The van der Waals surface area contributed by atoms with Crippen LogP contribution in [-0.2, 0) is 11.2 Å². The second-order valence-corrected chi connectivity index (χ2v) is 6.98. The lowest BCUT2D eigenvalue weighted by molar-refractivity contribution is 0.0595. The minimum atomic E-state index is 0.189. The molecule has 1 aliphatic rings. The van der Waals surface area contributed by atoms with Gasteiger partial charge in [0.15, 0.2) is 0 Å². The molecule has 0 amide bonds. The van der Waals surface area contributed by atoms with Crippen molar-refractivity contribution in [2.45, 2.75) is 71.4 Å². The van der Waals surface area contributed by atoms with Gasteiger partial charge in [-0.1, -0.05) is 20.8 Å². The third-order valence-electron chi connectivity index (χ3n) is 3.87. The van der Waals surface area contributed by atoms with Crippen molar-refractivity contribution in [2.75, 3.05) is 13.2 Å². The highest BCUT2D eigenvalue weighted by Gasteiger charge is 2.26. The van der Waals surface area contributed by atoms with Gasteiger partial charge < -0.3 is 10.1 Å². The number of hydrogen-bond acceptors (Lipinski definition) is 4. The molecule has 0 radical (unpaired) electrons. The quantitative estimate of drug-likeness (QED) is 0.824. The maximum atomic E-state index is 5.82. The molecule has 2 rings (SSSR count). The normalized spacial score (nSPS) is 20.1. The van der Waals surface area contributed by atoms with Gasteiger partial charge in [-0.05, 0) is 32.6 Å². The Morgan fingerprint density at radius 3 is 2.85 bits per heavy atom. The van der Waals surface area contributed by atoms with Crippen molar-refractivity contribution < 1.29 is 4.74 Å². The molecule has 0 fully saturated rings. The van der Waals surface area contributed by atoms with E-state index < -0.39 is 0 Å². The minimum Gasteiger partial charge on any atom is -0.371 e. The van der Waals surface area contributed by atoms with E-state index in [9.17, 15) is 0 Å². The van der Waals surface area contributed by atoms with Gasteiger partial charge in [-0.25, -0.2) is 4.98 Å². The molecule has 0 spiro atoms. The van der Waals surface area contributed by atoms with Crippen LogP contribution in [0.4, 0.5) is 0 Å². The van der Waals surface area contributed by atoms with Crippen LogP contribution in [0.1, 0.15) is 74.6 Å². The second-order valence-electron chi connectivity index (χ2n) is 5.86. The smallest absolute Gasteiger partial charge is 0.122 e. The zero-order valence-electron chi connectivity index (χ0n) is 13.2. The van der Waals surface area contributed by atoms with E-state index in [1.165, 1.54) is 34.8 Å². The van der Waals surface area contributed by atoms with Crippen LogP contribution in [0.15, 0.2) is 0 Å². The van der Waals surface area contributed by atoms with Crippen molar-refractivity contribution in [3.63, 3.8) is 0 Å². The van der Waals surface area contributed by atoms with E-state index in [1.54, 1.807) is 0 Å². The predicted molar refractivity (Wildman–Crippen MR) is 85.6 cm³/mol. The molecule has 0 saturated heterocycles. The molecular weight excluding hydrogens is 268 g/mol. The van der Waals surface area contributed by atoms with Gasteiger partial charge in [0.1, 0.15) is 11.1 Å². The molecule has 4 heteroatoms. The Kier molecular flexibility index (Phi) is 6.00. The Bertz CT molecular complexity index is 417. The van der Waals surface area contributed by atoms with Crippen LogP contribution in [-0.4, -0.2) is 24.2 Å². The highest BCUT2D eigenvalue weighted by molar-refractivity contribution is 7.11. The van der Waals surface area contributed by atoms with E-state index in [0.717, 1.165) is 19.6 Å². The first-order valence-electron chi connectivity index (χ1n) is 8.00. The average molecular weight is 296 g/mol. The van der Waals surface area contributed by atoms with E-state index in [4.69, 9.17) is 9.72 Å². The van der Waals surface area contributed by atoms with Crippen molar-refractivity contribution in [3.05, 3.63) is 15.6 Å². The summed E-state index contributed by atoms with van der Waals surface area (Å²) in [6, 6.07) is 0.547. The van der Waals surface area contributed by atoms with Crippen molar-refractivity contribution in [2.24, 2.45) is 0 Å². The molecule has 114 valence electrons. The van der Waals surface area contributed by atoms with Gasteiger partial charge in [-0.2, -0.15) is 0 Å². The molecule has 1 aliphatic carbocycles. The van der Waals surface area contributed by atoms with Crippen molar-refractivity contribution in [1.29, 1.82) is 0 Å². The number of fused-ring (bicyclic) bond motifs is 1. The summed E-state index contributed by atoms with van der Waals surface area (Å²) >= 11 is 1.88. The standard InChI is InChI=1S/C16H28N2OS/c1-5-13(19-6-2)16-18-15-12(10-17-11(3)4)8-7-9-14(15)20-16/h11-13,17H,5-10H2,1-4H3. The van der Waals surface area contributed by atoms with E-state index >= 15 is 0 Å². The number of hydrogen-bond donors (Lipinski definition) is 1. The fourth-order valence-corrected chi connectivity index (χ4v) is 4.13. The topological polar surface area (TPSA) is 34.1 Å². The Balaban J connectivity index is 2.13. The summed E-state index contributed by atoms with van der Waals surface area (Å²) < 4.78 is 5.82. The van der Waals surface area contributed by atoms with Gasteiger partial charge in [-0.15, -0.1) is 11.3 Å². The summed E-state index contributed by atoms with van der Waals surface area (Å²) in [5.74, 6) is 0.588. The largest absolute Gasteiger partial charge is 0.371 e. The van der Waals surface area contributed by atoms with E-state index in [2.05, 4.69) is 33.0 Å². The first-order chi connectivity index (χ1) is 9.65. The predicted octanol–water partition coefficient (Wildman–Crippen LogP) is 4.05. The molecular formula is C16H28N2OS. The fourth-order valence-electron chi connectivity index (χ4n) is 2.81. The van der Waals surface area contributed by atoms with Gasteiger partial charge >= 0.3 is 0 Å². The van der Waals surface area contributed by atoms with Gasteiger partial charge in [0, 0.05) is 30.0 Å². The van der Waals surface area contributed by atoms with Gasteiger partial charge in [0.05, 0.1) is 5.69 Å². The molecule has 0 aromatic carbocycles. The van der Waals surface area contributed by atoms with E-state index in [-0.39, 0.29) is 6.10 Å². The molecule has 1 N–H and O–H groups in total. The highest BCUT2D eigenvalue weighted by atomic mass is 32.1. The average Bonchev–Trinajstić information content (AvgIpc) is 2.86.